The molecule has 0 spiro atoms. The number of benzene rings is 2. The highest BCUT2D eigenvalue weighted by Gasteiger charge is 2.16. The molecule has 124 valence electrons. The number of H-pyrrole nitrogens is 1. The number of aromatic amines is 1. The standard InChI is InChI=1S/C16H14FN3O3S/c1-10-8-11(6-7-14(10)17)24(22,23)18-9-15-12-4-2-3-5-13(12)16(21)20-19-15/h2-8,18H,9H2,1H3,(H,20,21). The summed E-state index contributed by atoms with van der Waals surface area (Å²) in [5, 5.41) is 7.25. The SMILES string of the molecule is Cc1cc(S(=O)(=O)NCc2n[nH]c(=O)c3ccccc23)ccc1F. The predicted octanol–water partition coefficient (Wildman–Crippen LogP) is 1.85. The molecule has 1 heterocycles. The van der Waals surface area contributed by atoms with Crippen molar-refractivity contribution in [2.75, 3.05) is 0 Å². The van der Waals surface area contributed by atoms with Crippen molar-refractivity contribution < 1.29 is 12.8 Å². The van der Waals surface area contributed by atoms with Gasteiger partial charge in [-0.05, 0) is 36.8 Å². The number of hydrogen-bond acceptors (Lipinski definition) is 4. The molecule has 24 heavy (non-hydrogen) atoms. The van der Waals surface area contributed by atoms with E-state index < -0.39 is 15.8 Å². The van der Waals surface area contributed by atoms with Crippen molar-refractivity contribution in [1.29, 1.82) is 0 Å². The van der Waals surface area contributed by atoms with E-state index in [0.717, 1.165) is 6.07 Å². The summed E-state index contributed by atoms with van der Waals surface area (Å²) in [7, 11) is -3.83. The average molecular weight is 347 g/mol. The zero-order valence-electron chi connectivity index (χ0n) is 12.7. The first-order valence-corrected chi connectivity index (χ1v) is 8.59. The Morgan fingerprint density at radius 2 is 1.88 bits per heavy atom. The number of hydrogen-bond donors (Lipinski definition) is 2. The molecule has 2 N–H and O–H groups in total. The molecule has 0 amide bonds. The second kappa shape index (κ2) is 6.14. The van der Waals surface area contributed by atoms with Crippen LogP contribution in [0, 0.1) is 12.7 Å². The smallest absolute Gasteiger partial charge is 0.267 e. The van der Waals surface area contributed by atoms with Gasteiger partial charge in [0.2, 0.25) is 10.0 Å². The largest absolute Gasteiger partial charge is 0.272 e. The minimum absolute atomic E-state index is 0.0323. The number of aryl methyl sites for hydroxylation is 1. The maximum Gasteiger partial charge on any atom is 0.272 e. The van der Waals surface area contributed by atoms with Crippen molar-refractivity contribution in [2.45, 2.75) is 18.4 Å². The van der Waals surface area contributed by atoms with Gasteiger partial charge in [-0.1, -0.05) is 18.2 Å². The van der Waals surface area contributed by atoms with Crippen molar-refractivity contribution in [2.24, 2.45) is 0 Å². The summed E-state index contributed by atoms with van der Waals surface area (Å²) in [6.07, 6.45) is 0. The fraction of sp³-hybridized carbons (Fsp3) is 0.125. The lowest BCUT2D eigenvalue weighted by molar-refractivity contribution is 0.578. The van der Waals surface area contributed by atoms with Crippen molar-refractivity contribution in [1.82, 2.24) is 14.9 Å². The highest BCUT2D eigenvalue weighted by Crippen LogP contribution is 2.16. The van der Waals surface area contributed by atoms with Gasteiger partial charge in [0.15, 0.2) is 0 Å². The Bertz CT molecular complexity index is 1080. The van der Waals surface area contributed by atoms with Gasteiger partial charge in [0, 0.05) is 5.39 Å². The molecular weight excluding hydrogens is 333 g/mol. The van der Waals surface area contributed by atoms with Crippen LogP contribution in [0.5, 0.6) is 0 Å². The zero-order valence-corrected chi connectivity index (χ0v) is 13.5. The molecule has 0 fully saturated rings. The Labute approximate surface area is 137 Å². The number of fused-ring (bicyclic) bond motifs is 1. The lowest BCUT2D eigenvalue weighted by atomic mass is 10.1. The van der Waals surface area contributed by atoms with Gasteiger partial charge in [0.05, 0.1) is 22.5 Å². The minimum Gasteiger partial charge on any atom is -0.267 e. The molecule has 3 aromatic rings. The summed E-state index contributed by atoms with van der Waals surface area (Å²) in [6.45, 7) is 1.39. The minimum atomic E-state index is -3.83. The molecule has 1 aromatic heterocycles. The van der Waals surface area contributed by atoms with E-state index in [1.807, 2.05) is 0 Å². The third-order valence-electron chi connectivity index (χ3n) is 3.64. The van der Waals surface area contributed by atoms with Gasteiger partial charge in [0.1, 0.15) is 5.82 Å². The van der Waals surface area contributed by atoms with Gasteiger partial charge in [-0.3, -0.25) is 4.79 Å². The first-order valence-electron chi connectivity index (χ1n) is 7.10. The number of nitrogens with zero attached hydrogens (tertiary/aromatic N) is 1. The fourth-order valence-corrected chi connectivity index (χ4v) is 3.41. The van der Waals surface area contributed by atoms with Gasteiger partial charge < -0.3 is 0 Å². The number of halogens is 1. The molecule has 3 rings (SSSR count). The quantitative estimate of drug-likeness (QED) is 0.753. The van der Waals surface area contributed by atoms with Crippen LogP contribution in [-0.4, -0.2) is 18.6 Å². The topological polar surface area (TPSA) is 91.9 Å². The number of nitrogens with one attached hydrogen (secondary N) is 2. The van der Waals surface area contributed by atoms with E-state index in [-0.39, 0.29) is 22.6 Å². The second-order valence-electron chi connectivity index (χ2n) is 5.28. The lowest BCUT2D eigenvalue weighted by Gasteiger charge is -2.09. The molecule has 0 radical (unpaired) electrons. The first kappa shape index (κ1) is 16.3. The molecule has 0 saturated heterocycles. The van der Waals surface area contributed by atoms with Crippen LogP contribution in [0.4, 0.5) is 4.39 Å². The number of sulfonamides is 1. The molecule has 2 aromatic carbocycles. The Hall–Kier alpha value is -2.58. The van der Waals surface area contributed by atoms with Crippen LogP contribution < -0.4 is 10.3 Å². The van der Waals surface area contributed by atoms with Crippen LogP contribution in [0.15, 0.2) is 52.2 Å². The van der Waals surface area contributed by atoms with E-state index in [9.17, 15) is 17.6 Å². The maximum atomic E-state index is 13.3. The summed E-state index contributed by atoms with van der Waals surface area (Å²) >= 11 is 0. The van der Waals surface area contributed by atoms with Gasteiger partial charge in [-0.2, -0.15) is 5.10 Å². The van der Waals surface area contributed by atoms with Crippen molar-refractivity contribution >= 4 is 20.8 Å². The summed E-state index contributed by atoms with van der Waals surface area (Å²) < 4.78 is 40.4. The van der Waals surface area contributed by atoms with Gasteiger partial charge in [0.25, 0.3) is 5.56 Å². The molecule has 0 bridgehead atoms. The molecule has 6 nitrogen and oxygen atoms in total. The fourth-order valence-electron chi connectivity index (χ4n) is 2.34. The molecule has 0 aliphatic rings. The summed E-state index contributed by atoms with van der Waals surface area (Å²) in [5.74, 6) is -0.470. The van der Waals surface area contributed by atoms with E-state index in [1.54, 1.807) is 24.3 Å². The lowest BCUT2D eigenvalue weighted by Crippen LogP contribution is -2.25. The van der Waals surface area contributed by atoms with Crippen LogP contribution in [0.1, 0.15) is 11.3 Å². The Kier molecular flexibility index (Phi) is 4.16. The van der Waals surface area contributed by atoms with E-state index >= 15 is 0 Å². The third kappa shape index (κ3) is 3.06. The molecule has 0 aliphatic carbocycles. The van der Waals surface area contributed by atoms with Crippen LogP contribution in [0.3, 0.4) is 0 Å². The molecule has 0 unspecified atom stereocenters. The van der Waals surface area contributed by atoms with Crippen LogP contribution in [0.25, 0.3) is 10.8 Å². The average Bonchev–Trinajstić information content (AvgIpc) is 2.57. The van der Waals surface area contributed by atoms with E-state index in [1.165, 1.54) is 19.1 Å². The van der Waals surface area contributed by atoms with Crippen LogP contribution in [0.2, 0.25) is 0 Å². The van der Waals surface area contributed by atoms with Crippen molar-refractivity contribution in [3.8, 4) is 0 Å². The summed E-state index contributed by atoms with van der Waals surface area (Å²) in [4.78, 5) is 11.7. The Balaban J connectivity index is 1.92. The van der Waals surface area contributed by atoms with Gasteiger partial charge in [-0.25, -0.2) is 22.6 Å². The van der Waals surface area contributed by atoms with Crippen molar-refractivity contribution in [3.63, 3.8) is 0 Å². The Morgan fingerprint density at radius 3 is 2.58 bits per heavy atom. The highest BCUT2D eigenvalue weighted by molar-refractivity contribution is 7.89. The van der Waals surface area contributed by atoms with E-state index in [4.69, 9.17) is 0 Å². The first-order chi connectivity index (χ1) is 11.4. The van der Waals surface area contributed by atoms with Crippen molar-refractivity contribution in [3.05, 3.63) is 69.9 Å². The normalized spacial score (nSPS) is 11.8. The summed E-state index contributed by atoms with van der Waals surface area (Å²) in [6, 6.07) is 10.4. The molecule has 0 atom stereocenters. The number of rotatable bonds is 4. The molecule has 0 saturated carbocycles. The zero-order chi connectivity index (χ0) is 17.3. The molecule has 8 heteroatoms. The van der Waals surface area contributed by atoms with Crippen LogP contribution >= 0.6 is 0 Å². The second-order valence-corrected chi connectivity index (χ2v) is 7.05. The molecular formula is C16H14FN3O3S. The molecule has 0 aliphatic heterocycles. The van der Waals surface area contributed by atoms with Gasteiger partial charge in [-0.15, -0.1) is 0 Å². The number of aromatic nitrogens is 2. The Morgan fingerprint density at radius 1 is 1.17 bits per heavy atom. The predicted molar refractivity (Wildman–Crippen MR) is 87.5 cm³/mol. The van der Waals surface area contributed by atoms with E-state index in [0.29, 0.717) is 16.5 Å². The van der Waals surface area contributed by atoms with E-state index in [2.05, 4.69) is 14.9 Å². The third-order valence-corrected chi connectivity index (χ3v) is 5.04. The summed E-state index contributed by atoms with van der Waals surface area (Å²) in [5.41, 5.74) is 0.296. The van der Waals surface area contributed by atoms with Crippen LogP contribution in [-0.2, 0) is 16.6 Å². The maximum absolute atomic E-state index is 13.3. The highest BCUT2D eigenvalue weighted by atomic mass is 32.2. The monoisotopic (exact) mass is 347 g/mol. The van der Waals surface area contributed by atoms with Gasteiger partial charge >= 0.3 is 0 Å².